The van der Waals surface area contributed by atoms with Crippen LogP contribution in [-0.4, -0.2) is 61.4 Å². The zero-order valence-electron chi connectivity index (χ0n) is 26.0. The topological polar surface area (TPSA) is 123 Å². The molecule has 2 amide bonds. The quantitative estimate of drug-likeness (QED) is 0.412. The molecular weight excluding hydrogens is 558 g/mol. The fourth-order valence-electron chi connectivity index (χ4n) is 7.25. The van der Waals surface area contributed by atoms with Gasteiger partial charge in [0, 0.05) is 60.4 Å². The Hall–Kier alpha value is -4.08. The van der Waals surface area contributed by atoms with Crippen molar-refractivity contribution in [2.75, 3.05) is 6.54 Å². The van der Waals surface area contributed by atoms with Crippen LogP contribution in [0.5, 0.6) is 11.8 Å². The van der Waals surface area contributed by atoms with Gasteiger partial charge in [0.2, 0.25) is 11.8 Å². The summed E-state index contributed by atoms with van der Waals surface area (Å²) in [5.74, 6) is 0.579. The summed E-state index contributed by atoms with van der Waals surface area (Å²) in [7, 11) is 0. The van der Waals surface area contributed by atoms with E-state index < -0.39 is 6.04 Å². The van der Waals surface area contributed by atoms with E-state index >= 15 is 0 Å². The number of aryl methyl sites for hydroxylation is 2. The van der Waals surface area contributed by atoms with Crippen molar-refractivity contribution in [1.29, 1.82) is 0 Å². The molecule has 1 aliphatic carbocycles. The second-order valence-corrected chi connectivity index (χ2v) is 13.1. The molecule has 1 aromatic carbocycles. The largest absolute Gasteiger partial charge is 0.424 e. The number of hydrogen-bond acceptors (Lipinski definition) is 7. The van der Waals surface area contributed by atoms with Gasteiger partial charge < -0.3 is 19.5 Å². The average molecular weight is 600 g/mol. The van der Waals surface area contributed by atoms with Crippen LogP contribution in [0.15, 0.2) is 30.7 Å². The number of ether oxygens (including phenoxy) is 1. The first-order valence-corrected chi connectivity index (χ1v) is 15.8. The minimum Gasteiger partial charge on any atom is -0.424 e. The summed E-state index contributed by atoms with van der Waals surface area (Å²) in [6.45, 7) is 7.87. The number of rotatable bonds is 5. The molecule has 1 saturated carbocycles. The lowest BCUT2D eigenvalue weighted by Crippen LogP contribution is -2.44. The van der Waals surface area contributed by atoms with E-state index in [1.54, 1.807) is 23.5 Å². The summed E-state index contributed by atoms with van der Waals surface area (Å²) >= 11 is 0. The van der Waals surface area contributed by atoms with Gasteiger partial charge in [0.15, 0.2) is 11.6 Å². The van der Waals surface area contributed by atoms with Crippen LogP contribution in [0.25, 0.3) is 10.9 Å². The standard InChI is InChI=1S/C34H41N5O5/c1-5-28(41)27-13-34-14-29(34)39(27)31(43)18-38-17-26(22(4)40)25-12-24(44-33-35-15-21(3)16-36-33)11-23(32(25)38)9-7-6-8-20(2)10-30(42)37-19-34/h11-12,15-17,20,27,29H,5-10,13-14,18-19H2,1-4H3,(H,37,42)/t20-,27+,29-,34+/m1/s1. The highest BCUT2D eigenvalue weighted by Crippen LogP contribution is 2.59. The second kappa shape index (κ2) is 11.8. The lowest BCUT2D eigenvalue weighted by molar-refractivity contribution is -0.139. The van der Waals surface area contributed by atoms with Crippen LogP contribution in [0.1, 0.15) is 87.2 Å². The van der Waals surface area contributed by atoms with Crippen molar-refractivity contribution in [3.8, 4) is 11.8 Å². The number of piperidine rings is 1. The van der Waals surface area contributed by atoms with Crippen LogP contribution in [0.4, 0.5) is 0 Å². The summed E-state index contributed by atoms with van der Waals surface area (Å²) < 4.78 is 7.95. The van der Waals surface area contributed by atoms with Gasteiger partial charge in [-0.3, -0.25) is 19.2 Å². The summed E-state index contributed by atoms with van der Waals surface area (Å²) in [6, 6.07) is 3.42. The Kier molecular flexibility index (Phi) is 8.02. The van der Waals surface area contributed by atoms with Crippen molar-refractivity contribution in [3.05, 3.63) is 47.4 Å². The minimum absolute atomic E-state index is 0.0154. The number of carbonyl (C=O) groups is 4. The molecule has 44 heavy (non-hydrogen) atoms. The van der Waals surface area contributed by atoms with E-state index in [1.165, 1.54) is 6.92 Å². The highest BCUT2D eigenvalue weighted by atomic mass is 16.5. The summed E-state index contributed by atoms with van der Waals surface area (Å²) in [5.41, 5.74) is 2.97. The fourth-order valence-corrected chi connectivity index (χ4v) is 7.25. The predicted octanol–water partition coefficient (Wildman–Crippen LogP) is 4.94. The molecule has 0 unspecified atom stereocenters. The average Bonchev–Trinajstić information content (AvgIpc) is 3.40. The Morgan fingerprint density at radius 3 is 2.64 bits per heavy atom. The molecule has 10 nitrogen and oxygen atoms in total. The number of nitrogens with one attached hydrogen (secondary N) is 1. The van der Waals surface area contributed by atoms with E-state index in [9.17, 15) is 19.2 Å². The van der Waals surface area contributed by atoms with Gasteiger partial charge in [0.25, 0.3) is 0 Å². The van der Waals surface area contributed by atoms with Crippen molar-refractivity contribution in [2.45, 2.75) is 97.7 Å². The Morgan fingerprint density at radius 1 is 1.14 bits per heavy atom. The van der Waals surface area contributed by atoms with Crippen LogP contribution in [0.3, 0.4) is 0 Å². The molecule has 1 N–H and O–H groups in total. The van der Waals surface area contributed by atoms with Gasteiger partial charge in [-0.15, -0.1) is 0 Å². The normalized spacial score (nSPS) is 25.7. The Balaban J connectivity index is 1.42. The number of carbonyl (C=O) groups excluding carboxylic acids is 4. The van der Waals surface area contributed by atoms with Gasteiger partial charge in [-0.1, -0.05) is 26.7 Å². The third-order valence-electron chi connectivity index (χ3n) is 9.67. The first-order valence-electron chi connectivity index (χ1n) is 15.8. The van der Waals surface area contributed by atoms with Gasteiger partial charge in [-0.05, 0) is 68.7 Å². The van der Waals surface area contributed by atoms with Gasteiger partial charge >= 0.3 is 6.01 Å². The van der Waals surface area contributed by atoms with Crippen LogP contribution in [0.2, 0.25) is 0 Å². The molecular formula is C34H41N5O5. The van der Waals surface area contributed by atoms with E-state index in [2.05, 4.69) is 22.2 Å². The maximum atomic E-state index is 14.1. The maximum absolute atomic E-state index is 14.1. The molecule has 10 heteroatoms. The summed E-state index contributed by atoms with van der Waals surface area (Å²) in [4.78, 5) is 63.3. The van der Waals surface area contributed by atoms with Crippen LogP contribution >= 0.6 is 0 Å². The summed E-state index contributed by atoms with van der Waals surface area (Å²) in [5, 5.41) is 3.85. The SMILES string of the molecule is CCC(=O)[C@@H]1C[C@]23CNC(=O)C[C@H](C)CCCCc4cc(Oc5ncc(C)cn5)cc5c(C(C)=O)cn(c45)CC(=O)N1[C@@H]2C3. The molecule has 3 aliphatic rings. The van der Waals surface area contributed by atoms with Gasteiger partial charge in [-0.2, -0.15) is 0 Å². The smallest absolute Gasteiger partial charge is 0.321 e. The first kappa shape index (κ1) is 30.0. The van der Waals surface area contributed by atoms with E-state index in [4.69, 9.17) is 4.74 Å². The number of amides is 2. The van der Waals surface area contributed by atoms with Crippen LogP contribution in [0, 0.1) is 18.3 Å². The third kappa shape index (κ3) is 5.74. The molecule has 4 heterocycles. The number of nitrogens with zero attached hydrogens (tertiary/aromatic N) is 4. The van der Waals surface area contributed by atoms with E-state index in [0.29, 0.717) is 43.5 Å². The number of hydrogen-bond donors (Lipinski definition) is 1. The van der Waals surface area contributed by atoms with Crippen LogP contribution in [-0.2, 0) is 27.3 Å². The molecule has 1 saturated heterocycles. The molecule has 0 radical (unpaired) electrons. The highest BCUT2D eigenvalue weighted by molar-refractivity contribution is 6.08. The molecule has 6 rings (SSSR count). The molecule has 0 spiro atoms. The molecule has 4 atom stereocenters. The molecule has 2 aromatic heterocycles. The van der Waals surface area contributed by atoms with Crippen LogP contribution < -0.4 is 10.1 Å². The van der Waals surface area contributed by atoms with Crippen molar-refractivity contribution in [1.82, 2.24) is 24.8 Å². The fraction of sp³-hybridized carbons (Fsp3) is 0.529. The number of ketones is 2. The number of aromatic nitrogens is 3. The minimum atomic E-state index is -0.496. The Morgan fingerprint density at radius 2 is 1.91 bits per heavy atom. The zero-order chi connectivity index (χ0) is 31.2. The highest BCUT2D eigenvalue weighted by Gasteiger charge is 2.66. The lowest BCUT2D eigenvalue weighted by atomic mass is 9.95. The second-order valence-electron chi connectivity index (χ2n) is 13.1. The van der Waals surface area contributed by atoms with Crippen molar-refractivity contribution in [3.63, 3.8) is 0 Å². The van der Waals surface area contributed by atoms with Crippen molar-refractivity contribution < 1.29 is 23.9 Å². The molecule has 3 aromatic rings. The zero-order valence-corrected chi connectivity index (χ0v) is 26.0. The summed E-state index contributed by atoms with van der Waals surface area (Å²) in [6.07, 6.45) is 10.7. The van der Waals surface area contributed by atoms with E-state index in [0.717, 1.165) is 47.7 Å². The maximum Gasteiger partial charge on any atom is 0.321 e. The molecule has 2 fully saturated rings. The van der Waals surface area contributed by atoms with Gasteiger partial charge in [0.05, 0.1) is 11.6 Å². The van der Waals surface area contributed by atoms with E-state index in [1.807, 2.05) is 30.5 Å². The van der Waals surface area contributed by atoms with Gasteiger partial charge in [-0.25, -0.2) is 9.97 Å². The third-order valence-corrected chi connectivity index (χ3v) is 9.67. The number of benzene rings is 1. The lowest BCUT2D eigenvalue weighted by Gasteiger charge is -2.27. The molecule has 232 valence electrons. The first-order chi connectivity index (χ1) is 21.1. The molecule has 2 aliphatic heterocycles. The number of Topliss-reactive ketones (excluding diaryl/α,β-unsaturated/α-hetero) is 2. The Bertz CT molecular complexity index is 1630. The van der Waals surface area contributed by atoms with E-state index in [-0.39, 0.29) is 53.3 Å². The predicted molar refractivity (Wildman–Crippen MR) is 165 cm³/mol. The van der Waals surface area contributed by atoms with Gasteiger partial charge in [0.1, 0.15) is 12.3 Å². The molecule has 2 bridgehead atoms. The Labute approximate surface area is 257 Å². The monoisotopic (exact) mass is 599 g/mol. The van der Waals surface area contributed by atoms with Crippen molar-refractivity contribution in [2.24, 2.45) is 11.3 Å². The van der Waals surface area contributed by atoms with Crippen molar-refractivity contribution >= 4 is 34.3 Å².